The molecule has 0 atom stereocenters. The SMILES string of the molecule is [N-]=[N+]=CC(=O)[CH]C(=O)O. The van der Waals surface area contributed by atoms with Gasteiger partial charge in [0.2, 0.25) is 0 Å². The van der Waals surface area contributed by atoms with Crippen molar-refractivity contribution < 1.29 is 19.5 Å². The molecule has 5 heteroatoms. The van der Waals surface area contributed by atoms with Crippen LogP contribution in [-0.2, 0) is 9.59 Å². The van der Waals surface area contributed by atoms with Crippen LogP contribution < -0.4 is 0 Å². The zero-order valence-electron chi connectivity index (χ0n) is 4.31. The molecule has 0 aromatic heterocycles. The summed E-state index contributed by atoms with van der Waals surface area (Å²) in [5.41, 5.74) is 7.69. The summed E-state index contributed by atoms with van der Waals surface area (Å²) in [7, 11) is 0. The van der Waals surface area contributed by atoms with Crippen molar-refractivity contribution in [2.75, 3.05) is 0 Å². The van der Waals surface area contributed by atoms with Crippen LogP contribution in [0.25, 0.3) is 5.53 Å². The number of hydrogen-bond acceptors (Lipinski definition) is 2. The maximum Gasteiger partial charge on any atom is 0.324 e. The van der Waals surface area contributed by atoms with Gasteiger partial charge in [0.1, 0.15) is 6.42 Å². The number of rotatable bonds is 3. The highest BCUT2D eigenvalue weighted by Gasteiger charge is 2.08. The monoisotopic (exact) mass is 127 g/mol. The van der Waals surface area contributed by atoms with Gasteiger partial charge in [0, 0.05) is 0 Å². The van der Waals surface area contributed by atoms with Gasteiger partial charge in [-0.1, -0.05) is 0 Å². The van der Waals surface area contributed by atoms with Gasteiger partial charge in [0.25, 0.3) is 5.78 Å². The van der Waals surface area contributed by atoms with Crippen LogP contribution in [0.4, 0.5) is 0 Å². The third kappa shape index (κ3) is 4.37. The summed E-state index contributed by atoms with van der Waals surface area (Å²) < 4.78 is 0. The van der Waals surface area contributed by atoms with Gasteiger partial charge in [-0.3, -0.25) is 9.59 Å². The quantitative estimate of drug-likeness (QED) is 0.231. The summed E-state index contributed by atoms with van der Waals surface area (Å²) in [4.78, 5) is 22.1. The summed E-state index contributed by atoms with van der Waals surface area (Å²) in [6.45, 7) is 0. The number of carboxylic acids is 1. The molecule has 0 aliphatic heterocycles. The lowest BCUT2D eigenvalue weighted by Crippen LogP contribution is -2.08. The summed E-state index contributed by atoms with van der Waals surface area (Å²) in [6, 6.07) is 0. The van der Waals surface area contributed by atoms with Crippen molar-refractivity contribution in [2.45, 2.75) is 0 Å². The lowest BCUT2D eigenvalue weighted by molar-refractivity contribution is -0.134. The second-order valence-corrected chi connectivity index (χ2v) is 1.13. The number of carbonyl (C=O) groups is 2. The summed E-state index contributed by atoms with van der Waals surface area (Å²) in [5.74, 6) is -2.22. The topological polar surface area (TPSA) is 90.8 Å². The van der Waals surface area contributed by atoms with Crippen LogP contribution >= 0.6 is 0 Å². The van der Waals surface area contributed by atoms with E-state index in [9.17, 15) is 9.59 Å². The van der Waals surface area contributed by atoms with Crippen molar-refractivity contribution in [3.05, 3.63) is 12.0 Å². The Labute approximate surface area is 50.5 Å². The smallest absolute Gasteiger partial charge is 0.324 e. The molecule has 0 fully saturated rings. The van der Waals surface area contributed by atoms with Gasteiger partial charge in [0.15, 0.2) is 0 Å². The van der Waals surface area contributed by atoms with E-state index < -0.39 is 11.8 Å². The largest absolute Gasteiger partial charge is 0.481 e. The molecular formula is C4H3N2O3. The minimum Gasteiger partial charge on any atom is -0.481 e. The molecule has 0 aliphatic rings. The van der Waals surface area contributed by atoms with Crippen LogP contribution in [0.15, 0.2) is 0 Å². The van der Waals surface area contributed by atoms with Crippen molar-refractivity contribution in [3.8, 4) is 0 Å². The molecule has 1 radical (unpaired) electrons. The zero-order chi connectivity index (χ0) is 7.28. The molecular weight excluding hydrogens is 124 g/mol. The van der Waals surface area contributed by atoms with Crippen LogP contribution in [0.1, 0.15) is 0 Å². The standard InChI is InChI=1S/C4H3N2O3/c5-6-2-3(7)1-4(8)9/h1-2H,(H,8,9). The molecule has 0 heterocycles. The Morgan fingerprint density at radius 2 is 2.11 bits per heavy atom. The third-order valence-electron chi connectivity index (χ3n) is 0.451. The van der Waals surface area contributed by atoms with Crippen LogP contribution in [-0.4, -0.2) is 27.9 Å². The Kier molecular flexibility index (Phi) is 2.94. The van der Waals surface area contributed by atoms with Gasteiger partial charge in [0.05, 0.1) is 0 Å². The normalized spacial score (nSPS) is 7.56. The number of ketones is 1. The average Bonchev–Trinajstić information content (AvgIpc) is 1.63. The third-order valence-corrected chi connectivity index (χ3v) is 0.451. The minimum absolute atomic E-state index is 0.389. The number of nitrogens with zero attached hydrogens (tertiary/aromatic N) is 2. The van der Waals surface area contributed by atoms with E-state index in [4.69, 9.17) is 10.6 Å². The number of Topliss-reactive ketones (excluding diaryl/α,β-unsaturated/α-hetero) is 1. The predicted octanol–water partition coefficient (Wildman–Crippen LogP) is -0.855. The second kappa shape index (κ2) is 3.51. The van der Waals surface area contributed by atoms with Crippen molar-refractivity contribution in [1.82, 2.24) is 0 Å². The van der Waals surface area contributed by atoms with Crippen molar-refractivity contribution in [1.29, 1.82) is 0 Å². The van der Waals surface area contributed by atoms with Gasteiger partial charge in [-0.25, -0.2) is 0 Å². The molecule has 0 rings (SSSR count). The fourth-order valence-corrected chi connectivity index (χ4v) is 0.216. The van der Waals surface area contributed by atoms with Gasteiger partial charge in [-0.05, 0) is 0 Å². The lowest BCUT2D eigenvalue weighted by atomic mass is 10.3. The second-order valence-electron chi connectivity index (χ2n) is 1.13. The van der Waals surface area contributed by atoms with Crippen LogP contribution in [0, 0.1) is 6.42 Å². The molecule has 0 bridgehead atoms. The molecule has 1 N–H and O–H groups in total. The van der Waals surface area contributed by atoms with E-state index in [1.54, 1.807) is 0 Å². The molecule has 0 amide bonds. The Morgan fingerprint density at radius 3 is 2.44 bits per heavy atom. The highest BCUT2D eigenvalue weighted by molar-refractivity contribution is 6.35. The molecule has 0 saturated heterocycles. The molecule has 9 heavy (non-hydrogen) atoms. The molecule has 0 spiro atoms. The molecule has 0 unspecified atom stereocenters. The molecule has 0 saturated carbocycles. The molecule has 0 aromatic carbocycles. The highest BCUT2D eigenvalue weighted by atomic mass is 16.4. The average molecular weight is 127 g/mol. The fourth-order valence-electron chi connectivity index (χ4n) is 0.216. The zero-order valence-corrected chi connectivity index (χ0v) is 4.31. The maximum atomic E-state index is 10.1. The molecule has 0 aromatic rings. The molecule has 0 aliphatic carbocycles. The molecule has 5 nitrogen and oxygen atoms in total. The first kappa shape index (κ1) is 7.52. The number of aliphatic carboxylic acids is 1. The van der Waals surface area contributed by atoms with E-state index in [0.717, 1.165) is 0 Å². The lowest BCUT2D eigenvalue weighted by Gasteiger charge is -1.77. The van der Waals surface area contributed by atoms with Crippen LogP contribution in [0.3, 0.4) is 0 Å². The van der Waals surface area contributed by atoms with E-state index in [1.807, 2.05) is 0 Å². The Balaban J connectivity index is 3.78. The first-order chi connectivity index (χ1) is 4.16. The first-order valence-corrected chi connectivity index (χ1v) is 1.96. The highest BCUT2D eigenvalue weighted by Crippen LogP contribution is 1.74. The van der Waals surface area contributed by atoms with E-state index in [0.29, 0.717) is 12.6 Å². The van der Waals surface area contributed by atoms with E-state index in [2.05, 4.69) is 4.79 Å². The predicted molar refractivity (Wildman–Crippen MR) is 26.6 cm³/mol. The van der Waals surface area contributed by atoms with Crippen molar-refractivity contribution in [3.63, 3.8) is 0 Å². The number of carboxylic acid groups (broad SMARTS) is 1. The van der Waals surface area contributed by atoms with Crippen molar-refractivity contribution >= 4 is 18.0 Å². The fraction of sp³-hybridized carbons (Fsp3) is 0. The van der Waals surface area contributed by atoms with Gasteiger partial charge >= 0.3 is 12.2 Å². The van der Waals surface area contributed by atoms with Crippen LogP contribution in [0.2, 0.25) is 0 Å². The van der Waals surface area contributed by atoms with Gasteiger partial charge < -0.3 is 10.6 Å². The Hall–Kier alpha value is -1.48. The Bertz CT molecular complexity index is 180. The minimum atomic E-state index is -1.36. The van der Waals surface area contributed by atoms with Crippen LogP contribution in [0.5, 0.6) is 0 Å². The van der Waals surface area contributed by atoms with Gasteiger partial charge in [-0.15, -0.1) is 0 Å². The van der Waals surface area contributed by atoms with E-state index >= 15 is 0 Å². The molecule has 47 valence electrons. The summed E-state index contributed by atoms with van der Waals surface area (Å²) in [5, 5.41) is 7.89. The first-order valence-electron chi connectivity index (χ1n) is 1.96. The van der Waals surface area contributed by atoms with E-state index in [-0.39, 0.29) is 0 Å². The van der Waals surface area contributed by atoms with Gasteiger partial charge in [-0.2, -0.15) is 4.79 Å². The summed E-state index contributed by atoms with van der Waals surface area (Å²) in [6.07, 6.45) is 0.883. The number of hydrogen-bond donors (Lipinski definition) is 1. The van der Waals surface area contributed by atoms with Crippen molar-refractivity contribution in [2.24, 2.45) is 0 Å². The number of carbonyl (C=O) groups excluding carboxylic acids is 1. The summed E-state index contributed by atoms with van der Waals surface area (Å²) >= 11 is 0. The Morgan fingerprint density at radius 1 is 1.56 bits per heavy atom. The maximum absolute atomic E-state index is 10.1. The van der Waals surface area contributed by atoms with E-state index in [1.165, 1.54) is 0 Å².